The molecule has 23 heavy (non-hydrogen) atoms. The zero-order valence-corrected chi connectivity index (χ0v) is 15.0. The fraction of sp³-hybridized carbons (Fsp3) is 0.812. The molecule has 0 bridgehead atoms. The SMILES string of the molecule is C[C@@H](SCCN1C(=O)NC(C)(C)C1=O)C(=O)NC1CCCCC1. The number of thioether (sulfide) groups is 1. The molecule has 0 aromatic heterocycles. The fourth-order valence-electron chi connectivity index (χ4n) is 2.98. The maximum atomic E-state index is 12.2. The van der Waals surface area contributed by atoms with Gasteiger partial charge in [-0.05, 0) is 33.6 Å². The molecule has 4 amide bonds. The van der Waals surface area contributed by atoms with Crippen LogP contribution < -0.4 is 10.6 Å². The molecule has 0 unspecified atom stereocenters. The molecule has 2 fully saturated rings. The normalized spacial score (nSPS) is 22.8. The van der Waals surface area contributed by atoms with E-state index >= 15 is 0 Å². The summed E-state index contributed by atoms with van der Waals surface area (Å²) in [4.78, 5) is 37.3. The van der Waals surface area contributed by atoms with Crippen LogP contribution in [0.4, 0.5) is 4.79 Å². The van der Waals surface area contributed by atoms with E-state index in [-0.39, 0.29) is 23.1 Å². The van der Waals surface area contributed by atoms with Crippen LogP contribution >= 0.6 is 11.8 Å². The van der Waals surface area contributed by atoms with Crippen molar-refractivity contribution in [1.29, 1.82) is 0 Å². The van der Waals surface area contributed by atoms with Gasteiger partial charge in [-0.3, -0.25) is 14.5 Å². The summed E-state index contributed by atoms with van der Waals surface area (Å²) in [5.74, 6) is 0.413. The number of hydrogen-bond acceptors (Lipinski definition) is 4. The summed E-state index contributed by atoms with van der Waals surface area (Å²) in [6.45, 7) is 5.60. The monoisotopic (exact) mass is 341 g/mol. The first kappa shape index (κ1) is 18.1. The van der Waals surface area contributed by atoms with Crippen LogP contribution in [0.2, 0.25) is 0 Å². The first-order valence-corrected chi connectivity index (χ1v) is 9.42. The van der Waals surface area contributed by atoms with Crippen molar-refractivity contribution < 1.29 is 14.4 Å². The molecular weight excluding hydrogens is 314 g/mol. The molecule has 0 spiro atoms. The summed E-state index contributed by atoms with van der Waals surface area (Å²) in [6, 6.07) is -0.0362. The molecule has 0 radical (unpaired) electrons. The van der Waals surface area contributed by atoms with Gasteiger partial charge >= 0.3 is 6.03 Å². The Kier molecular flexibility index (Phi) is 5.95. The number of nitrogens with one attached hydrogen (secondary N) is 2. The molecule has 1 aliphatic heterocycles. The van der Waals surface area contributed by atoms with E-state index in [0.29, 0.717) is 18.3 Å². The lowest BCUT2D eigenvalue weighted by Crippen LogP contribution is -2.41. The third kappa shape index (κ3) is 4.62. The summed E-state index contributed by atoms with van der Waals surface area (Å²) in [6.07, 6.45) is 5.78. The topological polar surface area (TPSA) is 78.5 Å². The minimum Gasteiger partial charge on any atom is -0.352 e. The van der Waals surface area contributed by atoms with Crippen molar-refractivity contribution in [2.45, 2.75) is 69.7 Å². The lowest BCUT2D eigenvalue weighted by molar-refractivity contribution is -0.130. The Balaban J connectivity index is 1.72. The molecule has 2 rings (SSSR count). The van der Waals surface area contributed by atoms with Crippen molar-refractivity contribution in [2.24, 2.45) is 0 Å². The molecule has 1 aliphatic carbocycles. The summed E-state index contributed by atoms with van der Waals surface area (Å²) < 4.78 is 0. The smallest absolute Gasteiger partial charge is 0.325 e. The van der Waals surface area contributed by atoms with Crippen LogP contribution in [0, 0.1) is 0 Å². The predicted molar refractivity (Wildman–Crippen MR) is 91.3 cm³/mol. The molecule has 1 atom stereocenters. The zero-order chi connectivity index (χ0) is 17.0. The largest absolute Gasteiger partial charge is 0.352 e. The highest BCUT2D eigenvalue weighted by molar-refractivity contribution is 8.00. The van der Waals surface area contributed by atoms with Crippen molar-refractivity contribution in [3.63, 3.8) is 0 Å². The second-order valence-electron chi connectivity index (χ2n) is 6.87. The summed E-state index contributed by atoms with van der Waals surface area (Å²) in [7, 11) is 0. The number of urea groups is 1. The first-order chi connectivity index (χ1) is 10.8. The fourth-order valence-corrected chi connectivity index (χ4v) is 3.84. The maximum absolute atomic E-state index is 12.2. The van der Waals surface area contributed by atoms with Gasteiger partial charge in [0, 0.05) is 18.3 Å². The van der Waals surface area contributed by atoms with E-state index in [0.717, 1.165) is 12.8 Å². The van der Waals surface area contributed by atoms with Gasteiger partial charge in [-0.2, -0.15) is 0 Å². The highest BCUT2D eigenvalue weighted by Crippen LogP contribution is 2.20. The van der Waals surface area contributed by atoms with Crippen molar-refractivity contribution in [3.8, 4) is 0 Å². The molecule has 6 nitrogen and oxygen atoms in total. The third-order valence-corrected chi connectivity index (χ3v) is 5.58. The first-order valence-electron chi connectivity index (χ1n) is 8.37. The van der Waals surface area contributed by atoms with Crippen LogP contribution in [-0.2, 0) is 9.59 Å². The summed E-state index contributed by atoms with van der Waals surface area (Å²) >= 11 is 1.48. The van der Waals surface area contributed by atoms with Crippen LogP contribution in [-0.4, -0.2) is 51.9 Å². The van der Waals surface area contributed by atoms with E-state index in [1.807, 2.05) is 6.92 Å². The van der Waals surface area contributed by atoms with E-state index in [4.69, 9.17) is 0 Å². The van der Waals surface area contributed by atoms with Gasteiger partial charge in [-0.15, -0.1) is 11.8 Å². The number of rotatable bonds is 6. The highest BCUT2D eigenvalue weighted by Gasteiger charge is 2.43. The average Bonchev–Trinajstić information content (AvgIpc) is 2.69. The molecule has 0 aromatic rings. The lowest BCUT2D eigenvalue weighted by Gasteiger charge is -2.24. The molecule has 1 heterocycles. The summed E-state index contributed by atoms with van der Waals surface area (Å²) in [5.41, 5.74) is -0.828. The standard InChI is InChI=1S/C16H27N3O3S/c1-11(13(20)17-12-7-5-4-6-8-12)23-10-9-19-14(21)16(2,3)18-15(19)22/h11-12H,4-10H2,1-3H3,(H,17,20)(H,18,22)/t11-/m1/s1. The van der Waals surface area contributed by atoms with Crippen molar-refractivity contribution >= 4 is 29.6 Å². The number of imide groups is 1. The van der Waals surface area contributed by atoms with Crippen molar-refractivity contribution in [2.75, 3.05) is 12.3 Å². The van der Waals surface area contributed by atoms with Gasteiger partial charge in [0.1, 0.15) is 5.54 Å². The van der Waals surface area contributed by atoms with E-state index < -0.39 is 5.54 Å². The Morgan fingerprint density at radius 1 is 1.35 bits per heavy atom. The van der Waals surface area contributed by atoms with Gasteiger partial charge in [-0.1, -0.05) is 19.3 Å². The van der Waals surface area contributed by atoms with Crippen molar-refractivity contribution in [3.05, 3.63) is 0 Å². The molecule has 1 saturated heterocycles. The summed E-state index contributed by atoms with van der Waals surface area (Å²) in [5, 5.41) is 5.59. The Bertz CT molecular complexity index is 475. The second-order valence-corrected chi connectivity index (χ2v) is 8.32. The molecule has 0 aromatic carbocycles. The molecule has 130 valence electrons. The highest BCUT2D eigenvalue weighted by atomic mass is 32.2. The van der Waals surface area contributed by atoms with Crippen LogP contribution in [0.5, 0.6) is 0 Å². The second kappa shape index (κ2) is 7.55. The Labute approximate surface area is 142 Å². The number of nitrogens with zero attached hydrogens (tertiary/aromatic N) is 1. The molecule has 2 aliphatic rings. The maximum Gasteiger partial charge on any atom is 0.325 e. The Morgan fingerprint density at radius 2 is 2.00 bits per heavy atom. The molecule has 1 saturated carbocycles. The van der Waals surface area contributed by atoms with E-state index in [9.17, 15) is 14.4 Å². The number of carbonyl (C=O) groups is 3. The van der Waals surface area contributed by atoms with Crippen LogP contribution in [0.3, 0.4) is 0 Å². The van der Waals surface area contributed by atoms with Crippen LogP contribution in [0.1, 0.15) is 52.9 Å². The van der Waals surface area contributed by atoms with Gasteiger partial charge in [0.15, 0.2) is 0 Å². The lowest BCUT2D eigenvalue weighted by atomic mass is 9.95. The van der Waals surface area contributed by atoms with E-state index in [1.165, 1.54) is 35.9 Å². The molecule has 2 N–H and O–H groups in total. The molecule has 7 heteroatoms. The Hall–Kier alpha value is -1.24. The number of amides is 4. The van der Waals surface area contributed by atoms with Gasteiger partial charge in [0.2, 0.25) is 5.91 Å². The van der Waals surface area contributed by atoms with E-state index in [1.54, 1.807) is 13.8 Å². The third-order valence-electron chi connectivity index (χ3n) is 4.45. The Morgan fingerprint density at radius 3 is 2.57 bits per heavy atom. The predicted octanol–water partition coefficient (Wildman–Crippen LogP) is 1.89. The van der Waals surface area contributed by atoms with Gasteiger partial charge in [-0.25, -0.2) is 4.79 Å². The minimum absolute atomic E-state index is 0.0550. The average molecular weight is 341 g/mol. The van der Waals surface area contributed by atoms with Crippen LogP contribution in [0.25, 0.3) is 0 Å². The van der Waals surface area contributed by atoms with Gasteiger partial charge in [0.25, 0.3) is 5.91 Å². The number of carbonyl (C=O) groups excluding carboxylic acids is 3. The quantitative estimate of drug-likeness (QED) is 0.723. The van der Waals surface area contributed by atoms with Gasteiger partial charge in [0.05, 0.1) is 5.25 Å². The zero-order valence-electron chi connectivity index (χ0n) is 14.2. The molecular formula is C16H27N3O3S. The minimum atomic E-state index is -0.828. The number of hydrogen-bond donors (Lipinski definition) is 2. The van der Waals surface area contributed by atoms with Crippen LogP contribution in [0.15, 0.2) is 0 Å². The van der Waals surface area contributed by atoms with E-state index in [2.05, 4.69) is 10.6 Å². The van der Waals surface area contributed by atoms with Crippen molar-refractivity contribution in [1.82, 2.24) is 15.5 Å². The van der Waals surface area contributed by atoms with Gasteiger partial charge < -0.3 is 10.6 Å².